The Bertz CT molecular complexity index is 707. The molecule has 94 valence electrons. The molecule has 0 aliphatic carbocycles. The third-order valence-corrected chi connectivity index (χ3v) is 5.13. The van der Waals surface area contributed by atoms with Crippen LogP contribution < -0.4 is 0 Å². The first-order valence-corrected chi connectivity index (χ1v) is 8.04. The van der Waals surface area contributed by atoms with Gasteiger partial charge in [0.05, 0.1) is 4.91 Å². The van der Waals surface area contributed by atoms with Gasteiger partial charge in [-0.1, -0.05) is 55.8 Å². The Morgan fingerprint density at radius 1 is 1.05 bits per heavy atom. The van der Waals surface area contributed by atoms with Crippen molar-refractivity contribution in [3.05, 3.63) is 67.4 Å². The number of Topliss-reactive ketones (excluding diaryl/α,β-unsaturated/α-hetero) is 1. The lowest BCUT2D eigenvalue weighted by Gasteiger charge is -2.01. The number of rotatable bonds is 1. The zero-order valence-electron chi connectivity index (χ0n) is 9.69. The topological polar surface area (TPSA) is 17.1 Å². The summed E-state index contributed by atoms with van der Waals surface area (Å²) in [6.45, 7) is 0. The van der Waals surface area contributed by atoms with Crippen LogP contribution in [0.25, 0.3) is 6.08 Å². The summed E-state index contributed by atoms with van der Waals surface area (Å²) in [5, 5.41) is 0. The molecule has 19 heavy (non-hydrogen) atoms. The van der Waals surface area contributed by atoms with Crippen LogP contribution in [-0.2, 0) is 0 Å². The predicted molar refractivity (Wildman–Crippen MR) is 86.4 cm³/mol. The van der Waals surface area contributed by atoms with Gasteiger partial charge in [-0.15, -0.1) is 0 Å². The van der Waals surface area contributed by atoms with Crippen LogP contribution in [0.1, 0.15) is 15.9 Å². The highest BCUT2D eigenvalue weighted by Gasteiger charge is 2.25. The molecule has 0 N–H and O–H groups in total. The number of ketones is 1. The quantitative estimate of drug-likeness (QED) is 0.589. The van der Waals surface area contributed by atoms with E-state index in [2.05, 4.69) is 31.9 Å². The highest BCUT2D eigenvalue weighted by Crippen LogP contribution is 2.41. The molecule has 1 aliphatic heterocycles. The maximum absolute atomic E-state index is 12.3. The zero-order chi connectivity index (χ0) is 13.4. The molecule has 0 fully saturated rings. The summed E-state index contributed by atoms with van der Waals surface area (Å²) >= 11 is 8.48. The molecular formula is C15H8Br2OS. The number of allylic oxidation sites excluding steroid dienone is 1. The molecule has 0 saturated carbocycles. The monoisotopic (exact) mass is 394 g/mol. The highest BCUT2D eigenvalue weighted by molar-refractivity contribution is 9.11. The fourth-order valence-corrected chi connectivity index (χ4v) is 3.68. The average molecular weight is 396 g/mol. The van der Waals surface area contributed by atoms with E-state index in [0.29, 0.717) is 0 Å². The SMILES string of the molecule is O=C1C(=Cc2cc(Br)ccc2Br)Sc2ccccc21. The predicted octanol–water partition coefficient (Wildman–Crippen LogP) is 5.54. The molecule has 0 radical (unpaired) electrons. The van der Waals surface area contributed by atoms with Crippen molar-refractivity contribution in [1.29, 1.82) is 0 Å². The van der Waals surface area contributed by atoms with Crippen LogP contribution in [0.4, 0.5) is 0 Å². The van der Waals surface area contributed by atoms with Gasteiger partial charge in [0.1, 0.15) is 0 Å². The van der Waals surface area contributed by atoms with Gasteiger partial charge >= 0.3 is 0 Å². The van der Waals surface area contributed by atoms with Crippen LogP contribution in [0.2, 0.25) is 0 Å². The lowest BCUT2D eigenvalue weighted by molar-refractivity contribution is 0.104. The third kappa shape index (κ3) is 2.57. The number of hydrogen-bond acceptors (Lipinski definition) is 2. The summed E-state index contributed by atoms with van der Waals surface area (Å²) in [7, 11) is 0. The van der Waals surface area contributed by atoms with Crippen LogP contribution in [0.5, 0.6) is 0 Å². The number of carbonyl (C=O) groups excluding carboxylic acids is 1. The Kier molecular flexibility index (Phi) is 3.65. The minimum atomic E-state index is 0.104. The molecule has 3 rings (SSSR count). The van der Waals surface area contributed by atoms with Gasteiger partial charge in [0, 0.05) is 19.4 Å². The van der Waals surface area contributed by atoms with Crippen LogP contribution >= 0.6 is 43.6 Å². The average Bonchev–Trinajstić information content (AvgIpc) is 2.72. The lowest BCUT2D eigenvalue weighted by Crippen LogP contribution is -1.93. The Balaban J connectivity index is 2.03. The number of hydrogen-bond donors (Lipinski definition) is 0. The molecule has 0 bridgehead atoms. The van der Waals surface area contributed by atoms with Gasteiger partial charge in [0.15, 0.2) is 0 Å². The molecule has 1 heterocycles. The van der Waals surface area contributed by atoms with Gasteiger partial charge in [0.25, 0.3) is 0 Å². The summed E-state index contributed by atoms with van der Waals surface area (Å²) in [5.41, 5.74) is 1.79. The van der Waals surface area contributed by atoms with E-state index in [1.165, 1.54) is 11.8 Å². The third-order valence-electron chi connectivity index (χ3n) is 2.82. The first-order chi connectivity index (χ1) is 9.15. The Labute approximate surface area is 132 Å². The lowest BCUT2D eigenvalue weighted by atomic mass is 10.1. The molecule has 0 atom stereocenters. The van der Waals surface area contributed by atoms with Crippen LogP contribution in [0, 0.1) is 0 Å². The number of benzene rings is 2. The van der Waals surface area contributed by atoms with E-state index in [-0.39, 0.29) is 5.78 Å². The Morgan fingerprint density at radius 2 is 1.84 bits per heavy atom. The van der Waals surface area contributed by atoms with Crippen molar-refractivity contribution in [1.82, 2.24) is 0 Å². The summed E-state index contributed by atoms with van der Waals surface area (Å²) in [5.74, 6) is 0.104. The number of carbonyl (C=O) groups is 1. The summed E-state index contributed by atoms with van der Waals surface area (Å²) in [6, 6.07) is 13.6. The Morgan fingerprint density at radius 3 is 2.63 bits per heavy atom. The molecule has 0 amide bonds. The van der Waals surface area contributed by atoms with Crippen molar-refractivity contribution in [2.45, 2.75) is 4.90 Å². The largest absolute Gasteiger partial charge is 0.288 e. The second kappa shape index (κ2) is 5.27. The van der Waals surface area contributed by atoms with Crippen LogP contribution in [0.15, 0.2) is 61.2 Å². The molecule has 0 aromatic heterocycles. The van der Waals surface area contributed by atoms with E-state index in [4.69, 9.17) is 0 Å². The van der Waals surface area contributed by atoms with Gasteiger partial charge in [0.2, 0.25) is 5.78 Å². The van der Waals surface area contributed by atoms with E-state index in [1.54, 1.807) is 0 Å². The molecule has 2 aromatic rings. The number of thioether (sulfide) groups is 1. The number of halogens is 2. The van der Waals surface area contributed by atoms with Gasteiger partial charge in [-0.05, 0) is 42.0 Å². The van der Waals surface area contributed by atoms with E-state index in [0.717, 1.165) is 29.9 Å². The van der Waals surface area contributed by atoms with E-state index >= 15 is 0 Å². The summed E-state index contributed by atoms with van der Waals surface area (Å²) in [6.07, 6.45) is 1.93. The minimum absolute atomic E-state index is 0.104. The first-order valence-electron chi connectivity index (χ1n) is 5.63. The van der Waals surface area contributed by atoms with Gasteiger partial charge < -0.3 is 0 Å². The number of fused-ring (bicyclic) bond motifs is 1. The van der Waals surface area contributed by atoms with E-state index in [1.807, 2.05) is 48.5 Å². The molecular weight excluding hydrogens is 388 g/mol. The van der Waals surface area contributed by atoms with Crippen LogP contribution in [-0.4, -0.2) is 5.78 Å². The second-order valence-corrected chi connectivity index (χ2v) is 6.96. The van der Waals surface area contributed by atoms with Gasteiger partial charge in [-0.3, -0.25) is 4.79 Å². The maximum Gasteiger partial charge on any atom is 0.200 e. The second-order valence-electron chi connectivity index (χ2n) is 4.10. The molecule has 4 heteroatoms. The molecule has 1 aliphatic rings. The molecule has 1 nitrogen and oxygen atoms in total. The maximum atomic E-state index is 12.3. The van der Waals surface area contributed by atoms with Crippen molar-refractivity contribution in [2.24, 2.45) is 0 Å². The summed E-state index contributed by atoms with van der Waals surface area (Å²) < 4.78 is 1.98. The van der Waals surface area contributed by atoms with Crippen molar-refractivity contribution in [2.75, 3.05) is 0 Å². The van der Waals surface area contributed by atoms with Crippen molar-refractivity contribution in [3.63, 3.8) is 0 Å². The van der Waals surface area contributed by atoms with Crippen LogP contribution in [0.3, 0.4) is 0 Å². The van der Waals surface area contributed by atoms with Crippen molar-refractivity contribution < 1.29 is 4.79 Å². The standard InChI is InChI=1S/C15H8Br2OS/c16-10-5-6-12(17)9(7-10)8-14-15(18)11-3-1-2-4-13(11)19-14/h1-8H. The smallest absolute Gasteiger partial charge is 0.200 e. The Hall–Kier alpha value is -0.840. The van der Waals surface area contributed by atoms with E-state index < -0.39 is 0 Å². The minimum Gasteiger partial charge on any atom is -0.288 e. The zero-order valence-corrected chi connectivity index (χ0v) is 13.7. The van der Waals surface area contributed by atoms with Crippen molar-refractivity contribution >= 4 is 55.5 Å². The molecule has 0 unspecified atom stereocenters. The van der Waals surface area contributed by atoms with Gasteiger partial charge in [-0.25, -0.2) is 0 Å². The van der Waals surface area contributed by atoms with Crippen molar-refractivity contribution in [3.8, 4) is 0 Å². The normalized spacial score (nSPS) is 15.9. The fourth-order valence-electron chi connectivity index (χ4n) is 1.90. The highest BCUT2D eigenvalue weighted by atomic mass is 79.9. The fraction of sp³-hybridized carbons (Fsp3) is 0. The first kappa shape index (κ1) is 13.2. The molecule has 0 saturated heterocycles. The van der Waals surface area contributed by atoms with Gasteiger partial charge in [-0.2, -0.15) is 0 Å². The molecule has 0 spiro atoms. The molecule has 2 aromatic carbocycles. The summed E-state index contributed by atoms with van der Waals surface area (Å²) in [4.78, 5) is 14.1. The van der Waals surface area contributed by atoms with E-state index in [9.17, 15) is 4.79 Å².